The molecule has 146 valence electrons. The van der Waals surface area contributed by atoms with Crippen LogP contribution in [0.3, 0.4) is 0 Å². The maximum atomic E-state index is 12.2. The number of hydrogen-bond acceptors (Lipinski definition) is 6. The number of aromatic nitrogens is 3. The number of nitrogens with zero attached hydrogens (tertiary/aromatic N) is 3. The SMILES string of the molecule is COc1ccc(NC(=O)CSc2nnc([C@@H](C)Oc3ccccc3)n2C)cc1. The van der Waals surface area contributed by atoms with Crippen molar-refractivity contribution in [2.45, 2.75) is 18.2 Å². The van der Waals surface area contributed by atoms with Crippen molar-refractivity contribution in [3.8, 4) is 11.5 Å². The Labute approximate surface area is 168 Å². The van der Waals surface area contributed by atoms with E-state index in [1.807, 2.05) is 48.9 Å². The van der Waals surface area contributed by atoms with Gasteiger partial charge in [-0.2, -0.15) is 0 Å². The molecule has 7 nitrogen and oxygen atoms in total. The molecule has 1 atom stereocenters. The van der Waals surface area contributed by atoms with Crippen molar-refractivity contribution in [1.29, 1.82) is 0 Å². The molecule has 3 aromatic rings. The molecule has 0 aliphatic rings. The van der Waals surface area contributed by atoms with Crippen LogP contribution in [0.2, 0.25) is 0 Å². The van der Waals surface area contributed by atoms with E-state index >= 15 is 0 Å². The average Bonchev–Trinajstić information content (AvgIpc) is 3.08. The molecule has 0 radical (unpaired) electrons. The van der Waals surface area contributed by atoms with Crippen LogP contribution in [0.25, 0.3) is 0 Å². The van der Waals surface area contributed by atoms with Crippen molar-refractivity contribution in [2.24, 2.45) is 7.05 Å². The molecule has 28 heavy (non-hydrogen) atoms. The van der Waals surface area contributed by atoms with Crippen LogP contribution in [-0.4, -0.2) is 33.5 Å². The number of hydrogen-bond donors (Lipinski definition) is 1. The fourth-order valence-corrected chi connectivity index (χ4v) is 3.28. The number of anilines is 1. The number of methoxy groups -OCH3 is 1. The maximum absolute atomic E-state index is 12.2. The quantitative estimate of drug-likeness (QED) is 0.583. The first-order valence-corrected chi connectivity index (χ1v) is 9.73. The van der Waals surface area contributed by atoms with Gasteiger partial charge in [-0.25, -0.2) is 0 Å². The van der Waals surface area contributed by atoms with Crippen LogP contribution in [0, 0.1) is 0 Å². The normalized spacial score (nSPS) is 11.7. The predicted molar refractivity (Wildman–Crippen MR) is 109 cm³/mol. The topological polar surface area (TPSA) is 78.3 Å². The van der Waals surface area contributed by atoms with Gasteiger partial charge in [0.1, 0.15) is 11.5 Å². The van der Waals surface area contributed by atoms with E-state index in [-0.39, 0.29) is 17.8 Å². The second kappa shape index (κ2) is 9.27. The molecule has 1 aromatic heterocycles. The number of ether oxygens (including phenoxy) is 2. The molecule has 1 N–H and O–H groups in total. The van der Waals surface area contributed by atoms with Crippen LogP contribution in [0.15, 0.2) is 59.8 Å². The molecule has 1 amide bonds. The summed E-state index contributed by atoms with van der Waals surface area (Å²) in [7, 11) is 3.47. The van der Waals surface area contributed by atoms with Crippen molar-refractivity contribution in [3.63, 3.8) is 0 Å². The second-order valence-corrected chi connectivity index (χ2v) is 6.98. The molecular formula is C20H22N4O3S. The standard InChI is InChI=1S/C20H22N4O3S/c1-14(27-17-7-5-4-6-8-17)19-22-23-20(24(19)2)28-13-18(25)21-15-9-11-16(26-3)12-10-15/h4-12,14H,13H2,1-3H3,(H,21,25)/t14-/m1/s1. The minimum atomic E-state index is -0.262. The molecule has 0 saturated carbocycles. The fraction of sp³-hybridized carbons (Fsp3) is 0.250. The first kappa shape index (κ1) is 19.8. The van der Waals surface area contributed by atoms with E-state index in [1.54, 1.807) is 31.4 Å². The Morgan fingerprint density at radius 1 is 1.11 bits per heavy atom. The highest BCUT2D eigenvalue weighted by atomic mass is 32.2. The van der Waals surface area contributed by atoms with Gasteiger partial charge < -0.3 is 19.4 Å². The van der Waals surface area contributed by atoms with E-state index in [1.165, 1.54) is 11.8 Å². The van der Waals surface area contributed by atoms with Crippen molar-refractivity contribution in [1.82, 2.24) is 14.8 Å². The number of thioether (sulfide) groups is 1. The van der Waals surface area contributed by atoms with Crippen LogP contribution in [-0.2, 0) is 11.8 Å². The van der Waals surface area contributed by atoms with E-state index in [0.717, 1.165) is 17.2 Å². The van der Waals surface area contributed by atoms with Crippen molar-refractivity contribution < 1.29 is 14.3 Å². The summed E-state index contributed by atoms with van der Waals surface area (Å²) < 4.78 is 12.8. The number of amides is 1. The zero-order valence-electron chi connectivity index (χ0n) is 16.0. The Hall–Kier alpha value is -3.00. The number of benzene rings is 2. The number of carbonyl (C=O) groups excluding carboxylic acids is 1. The van der Waals surface area contributed by atoms with E-state index in [0.29, 0.717) is 11.0 Å². The third-order valence-corrected chi connectivity index (χ3v) is 5.01. The summed E-state index contributed by atoms with van der Waals surface area (Å²) in [5, 5.41) is 11.9. The zero-order chi connectivity index (χ0) is 19.9. The number of carbonyl (C=O) groups is 1. The number of nitrogens with one attached hydrogen (secondary N) is 1. The molecule has 3 rings (SSSR count). The van der Waals surface area contributed by atoms with Crippen molar-refractivity contribution >= 4 is 23.4 Å². The molecule has 0 saturated heterocycles. The minimum absolute atomic E-state index is 0.117. The van der Waals surface area contributed by atoms with Gasteiger partial charge in [-0.15, -0.1) is 10.2 Å². The van der Waals surface area contributed by atoms with Crippen LogP contribution >= 0.6 is 11.8 Å². The Morgan fingerprint density at radius 2 is 1.82 bits per heavy atom. The molecule has 0 aliphatic carbocycles. The van der Waals surface area contributed by atoms with Gasteiger partial charge in [-0.1, -0.05) is 30.0 Å². The van der Waals surface area contributed by atoms with Gasteiger partial charge >= 0.3 is 0 Å². The van der Waals surface area contributed by atoms with Crippen molar-refractivity contribution in [3.05, 3.63) is 60.4 Å². The van der Waals surface area contributed by atoms with Crippen LogP contribution in [0.4, 0.5) is 5.69 Å². The van der Waals surface area contributed by atoms with Gasteiger partial charge in [0, 0.05) is 12.7 Å². The molecule has 1 heterocycles. The number of rotatable bonds is 8. The third-order valence-electron chi connectivity index (χ3n) is 3.99. The molecule has 0 aliphatic heterocycles. The first-order valence-electron chi connectivity index (χ1n) is 8.74. The summed E-state index contributed by atoms with van der Waals surface area (Å²) in [5.74, 6) is 2.32. The van der Waals surface area contributed by atoms with E-state index in [2.05, 4.69) is 15.5 Å². The maximum Gasteiger partial charge on any atom is 0.234 e. The zero-order valence-corrected chi connectivity index (χ0v) is 16.8. The van der Waals surface area contributed by atoms with Crippen LogP contribution < -0.4 is 14.8 Å². The molecule has 0 fully saturated rings. The summed E-state index contributed by atoms with van der Waals surface area (Å²) in [6, 6.07) is 16.7. The lowest BCUT2D eigenvalue weighted by Gasteiger charge is -2.14. The minimum Gasteiger partial charge on any atom is -0.497 e. The monoisotopic (exact) mass is 398 g/mol. The van der Waals surface area contributed by atoms with Gasteiger partial charge in [-0.3, -0.25) is 4.79 Å². The second-order valence-electron chi connectivity index (χ2n) is 6.04. The molecule has 8 heteroatoms. The summed E-state index contributed by atoms with van der Waals surface area (Å²) in [4.78, 5) is 12.2. The highest BCUT2D eigenvalue weighted by molar-refractivity contribution is 7.99. The Bertz CT molecular complexity index is 913. The molecule has 0 spiro atoms. The predicted octanol–water partition coefficient (Wildman–Crippen LogP) is 3.69. The molecular weight excluding hydrogens is 376 g/mol. The summed E-state index contributed by atoms with van der Waals surface area (Å²) >= 11 is 1.32. The van der Waals surface area contributed by atoms with Gasteiger partial charge in [0.25, 0.3) is 0 Å². The molecule has 0 bridgehead atoms. The Morgan fingerprint density at radius 3 is 2.50 bits per heavy atom. The summed E-state index contributed by atoms with van der Waals surface area (Å²) in [5.41, 5.74) is 0.718. The van der Waals surface area contributed by atoms with Gasteiger partial charge in [0.2, 0.25) is 5.91 Å². The van der Waals surface area contributed by atoms with Gasteiger partial charge in [0.15, 0.2) is 17.1 Å². The fourth-order valence-electron chi connectivity index (χ4n) is 2.56. The Balaban J connectivity index is 1.55. The van der Waals surface area contributed by atoms with Gasteiger partial charge in [0.05, 0.1) is 12.9 Å². The van der Waals surface area contributed by atoms with E-state index < -0.39 is 0 Å². The average molecular weight is 398 g/mol. The van der Waals surface area contributed by atoms with Gasteiger partial charge in [-0.05, 0) is 43.3 Å². The van der Waals surface area contributed by atoms with Crippen molar-refractivity contribution in [2.75, 3.05) is 18.2 Å². The highest BCUT2D eigenvalue weighted by Crippen LogP contribution is 2.23. The van der Waals surface area contributed by atoms with E-state index in [9.17, 15) is 4.79 Å². The van der Waals surface area contributed by atoms with Crippen LogP contribution in [0.5, 0.6) is 11.5 Å². The number of para-hydroxylation sites is 1. The van der Waals surface area contributed by atoms with Crippen LogP contribution in [0.1, 0.15) is 18.9 Å². The lowest BCUT2D eigenvalue weighted by molar-refractivity contribution is -0.113. The third kappa shape index (κ3) is 5.04. The summed E-state index contributed by atoms with van der Waals surface area (Å²) in [6.45, 7) is 1.92. The summed E-state index contributed by atoms with van der Waals surface area (Å²) in [6.07, 6.45) is -0.262. The first-order chi connectivity index (χ1) is 13.6. The molecule has 0 unspecified atom stereocenters. The smallest absolute Gasteiger partial charge is 0.234 e. The Kier molecular flexibility index (Phi) is 6.54. The largest absolute Gasteiger partial charge is 0.497 e. The lowest BCUT2D eigenvalue weighted by atomic mass is 10.3. The highest BCUT2D eigenvalue weighted by Gasteiger charge is 2.18. The van der Waals surface area contributed by atoms with E-state index in [4.69, 9.17) is 9.47 Å². The lowest BCUT2D eigenvalue weighted by Crippen LogP contribution is -2.14. The molecule has 2 aromatic carbocycles.